The summed E-state index contributed by atoms with van der Waals surface area (Å²) in [6, 6.07) is 8.81. The first kappa shape index (κ1) is 22.0. The molecule has 1 aromatic carbocycles. The van der Waals surface area contributed by atoms with E-state index in [0.717, 1.165) is 34.7 Å². The quantitative estimate of drug-likeness (QED) is 0.673. The zero-order valence-electron chi connectivity index (χ0n) is 17.3. The van der Waals surface area contributed by atoms with Crippen molar-refractivity contribution in [3.8, 4) is 0 Å². The molecule has 31 heavy (non-hydrogen) atoms. The SMILES string of the molecule is CC1CN(c2ccc(C(F)(F)F)cn2)CC(C)N1Sc1ccc2c(c1)C(C(=O)O)CC2. The predicted molar refractivity (Wildman–Crippen MR) is 113 cm³/mol. The van der Waals surface area contributed by atoms with Gasteiger partial charge in [0.15, 0.2) is 0 Å². The first-order valence-electron chi connectivity index (χ1n) is 10.2. The van der Waals surface area contributed by atoms with Crippen LogP contribution >= 0.6 is 11.9 Å². The van der Waals surface area contributed by atoms with E-state index in [4.69, 9.17) is 0 Å². The number of hydrogen-bond donors (Lipinski definition) is 1. The molecule has 0 amide bonds. The standard InChI is InChI=1S/C22H24F3N3O2S/c1-13-11-27(20-8-5-16(10-26-20)22(23,24)25)12-14(2)28(13)31-17-6-3-15-4-7-18(21(29)30)19(15)9-17/h3,5-6,8-10,13-14,18H,4,7,11-12H2,1-2H3,(H,29,30). The Morgan fingerprint density at radius 1 is 1.16 bits per heavy atom. The maximum Gasteiger partial charge on any atom is 0.417 e. The molecule has 5 nitrogen and oxygen atoms in total. The highest BCUT2D eigenvalue weighted by molar-refractivity contribution is 7.97. The summed E-state index contributed by atoms with van der Waals surface area (Å²) in [7, 11) is 0. The van der Waals surface area contributed by atoms with Crippen LogP contribution < -0.4 is 4.90 Å². The van der Waals surface area contributed by atoms with Crippen molar-refractivity contribution in [1.82, 2.24) is 9.29 Å². The second-order valence-corrected chi connectivity index (χ2v) is 9.32. The lowest BCUT2D eigenvalue weighted by atomic mass is 10.0. The molecule has 4 rings (SSSR count). The summed E-state index contributed by atoms with van der Waals surface area (Å²) in [4.78, 5) is 18.6. The normalized spacial score (nSPS) is 24.3. The number of anilines is 1. The molecule has 2 heterocycles. The molecule has 166 valence electrons. The number of fused-ring (bicyclic) bond motifs is 1. The van der Waals surface area contributed by atoms with Crippen molar-refractivity contribution in [2.45, 2.75) is 55.8 Å². The van der Waals surface area contributed by atoms with Gasteiger partial charge in [-0.1, -0.05) is 6.07 Å². The van der Waals surface area contributed by atoms with Crippen molar-refractivity contribution in [3.63, 3.8) is 0 Å². The fourth-order valence-corrected chi connectivity index (χ4v) is 5.48. The van der Waals surface area contributed by atoms with E-state index in [1.54, 1.807) is 11.9 Å². The summed E-state index contributed by atoms with van der Waals surface area (Å²) >= 11 is 1.61. The molecule has 0 spiro atoms. The maximum atomic E-state index is 12.8. The maximum absolute atomic E-state index is 12.8. The minimum absolute atomic E-state index is 0.126. The van der Waals surface area contributed by atoms with E-state index in [2.05, 4.69) is 23.1 Å². The number of aryl methyl sites for hydroxylation is 1. The average molecular weight is 452 g/mol. The number of carboxylic acid groups (broad SMARTS) is 1. The molecule has 0 radical (unpaired) electrons. The molecule has 1 fully saturated rings. The van der Waals surface area contributed by atoms with E-state index in [-0.39, 0.29) is 12.1 Å². The number of piperazine rings is 1. The smallest absolute Gasteiger partial charge is 0.417 e. The average Bonchev–Trinajstić information content (AvgIpc) is 3.13. The summed E-state index contributed by atoms with van der Waals surface area (Å²) in [6.45, 7) is 5.43. The number of carbonyl (C=O) groups is 1. The number of hydrogen-bond acceptors (Lipinski definition) is 5. The molecule has 1 aromatic heterocycles. The van der Waals surface area contributed by atoms with Crippen LogP contribution in [0.15, 0.2) is 41.4 Å². The molecule has 3 unspecified atom stereocenters. The molecule has 1 aliphatic carbocycles. The number of alkyl halides is 3. The molecule has 1 aliphatic heterocycles. The van der Waals surface area contributed by atoms with Gasteiger partial charge in [-0.2, -0.15) is 13.2 Å². The van der Waals surface area contributed by atoms with Crippen LogP contribution in [-0.2, 0) is 17.4 Å². The number of rotatable bonds is 4. The lowest BCUT2D eigenvalue weighted by Crippen LogP contribution is -2.54. The van der Waals surface area contributed by atoms with E-state index in [1.165, 1.54) is 6.07 Å². The summed E-state index contributed by atoms with van der Waals surface area (Å²) in [5.74, 6) is -0.675. The van der Waals surface area contributed by atoms with Crippen LogP contribution in [0.4, 0.5) is 19.0 Å². The van der Waals surface area contributed by atoms with Gasteiger partial charge in [0.25, 0.3) is 0 Å². The van der Waals surface area contributed by atoms with Gasteiger partial charge in [0.05, 0.1) is 11.5 Å². The Kier molecular flexibility index (Phi) is 5.91. The molecule has 0 bridgehead atoms. The van der Waals surface area contributed by atoms with Gasteiger partial charge in [0, 0.05) is 36.3 Å². The molecule has 3 atom stereocenters. The Morgan fingerprint density at radius 2 is 1.87 bits per heavy atom. The Balaban J connectivity index is 1.46. The largest absolute Gasteiger partial charge is 0.481 e. The fourth-order valence-electron chi connectivity index (χ4n) is 4.43. The van der Waals surface area contributed by atoms with Gasteiger partial charge in [-0.05, 0) is 74.0 Å². The Morgan fingerprint density at radius 3 is 2.45 bits per heavy atom. The van der Waals surface area contributed by atoms with Gasteiger partial charge < -0.3 is 10.0 Å². The highest BCUT2D eigenvalue weighted by Crippen LogP contribution is 2.38. The van der Waals surface area contributed by atoms with Crippen molar-refractivity contribution >= 4 is 23.7 Å². The highest BCUT2D eigenvalue weighted by Gasteiger charge is 2.34. The first-order valence-corrected chi connectivity index (χ1v) is 11.0. The third-order valence-corrected chi connectivity index (χ3v) is 7.34. The van der Waals surface area contributed by atoms with Crippen LogP contribution in [0.1, 0.15) is 42.9 Å². The van der Waals surface area contributed by atoms with Crippen LogP contribution in [0, 0.1) is 0 Å². The van der Waals surface area contributed by atoms with Crippen molar-refractivity contribution in [1.29, 1.82) is 0 Å². The molecular weight excluding hydrogens is 427 g/mol. The molecule has 1 saturated heterocycles. The molecule has 9 heteroatoms. The second-order valence-electron chi connectivity index (χ2n) is 8.25. The third kappa shape index (κ3) is 4.52. The van der Waals surface area contributed by atoms with Gasteiger partial charge in [-0.25, -0.2) is 9.29 Å². The van der Waals surface area contributed by atoms with Crippen molar-refractivity contribution in [3.05, 3.63) is 53.2 Å². The van der Waals surface area contributed by atoms with E-state index in [9.17, 15) is 23.1 Å². The lowest BCUT2D eigenvalue weighted by Gasteiger charge is -2.44. The molecule has 0 saturated carbocycles. The van der Waals surface area contributed by atoms with Gasteiger partial charge >= 0.3 is 12.1 Å². The van der Waals surface area contributed by atoms with E-state index in [0.29, 0.717) is 25.3 Å². The van der Waals surface area contributed by atoms with Crippen molar-refractivity contribution in [2.24, 2.45) is 0 Å². The van der Waals surface area contributed by atoms with Crippen LogP contribution in [-0.4, -0.2) is 45.5 Å². The highest BCUT2D eigenvalue weighted by atomic mass is 32.2. The van der Waals surface area contributed by atoms with Crippen molar-refractivity contribution < 1.29 is 23.1 Å². The number of nitrogens with zero attached hydrogens (tertiary/aromatic N) is 3. The van der Waals surface area contributed by atoms with Gasteiger partial charge in [-0.15, -0.1) is 0 Å². The topological polar surface area (TPSA) is 56.7 Å². The van der Waals surface area contributed by atoms with Gasteiger partial charge in [0.1, 0.15) is 5.82 Å². The number of aliphatic carboxylic acids is 1. The number of pyridine rings is 1. The monoisotopic (exact) mass is 451 g/mol. The second kappa shape index (κ2) is 8.35. The van der Waals surface area contributed by atoms with Gasteiger partial charge in [-0.3, -0.25) is 4.79 Å². The predicted octanol–water partition coefficient (Wildman–Crippen LogP) is 4.82. The van der Waals surface area contributed by atoms with E-state index in [1.807, 2.05) is 23.1 Å². The van der Waals surface area contributed by atoms with Crippen molar-refractivity contribution in [2.75, 3.05) is 18.0 Å². The minimum atomic E-state index is -4.39. The fraction of sp³-hybridized carbons (Fsp3) is 0.455. The summed E-state index contributed by atoms with van der Waals surface area (Å²) < 4.78 is 40.7. The zero-order chi connectivity index (χ0) is 22.3. The third-order valence-electron chi connectivity index (χ3n) is 5.94. The number of benzene rings is 1. The molecule has 2 aromatic rings. The molecule has 1 N–H and O–H groups in total. The number of carboxylic acids is 1. The summed E-state index contributed by atoms with van der Waals surface area (Å²) in [5.41, 5.74) is 1.27. The first-order chi connectivity index (χ1) is 14.6. The van der Waals surface area contributed by atoms with Crippen LogP contribution in [0.3, 0.4) is 0 Å². The van der Waals surface area contributed by atoms with E-state index < -0.39 is 23.6 Å². The van der Waals surface area contributed by atoms with Crippen LogP contribution in [0.2, 0.25) is 0 Å². The minimum Gasteiger partial charge on any atom is -0.481 e. The Bertz CT molecular complexity index is 955. The summed E-state index contributed by atoms with van der Waals surface area (Å²) in [5, 5.41) is 9.46. The Hall–Kier alpha value is -2.26. The van der Waals surface area contributed by atoms with E-state index >= 15 is 0 Å². The molecule has 2 aliphatic rings. The van der Waals surface area contributed by atoms with Gasteiger partial charge in [0.2, 0.25) is 0 Å². The Labute approximate surface area is 183 Å². The van der Waals surface area contributed by atoms with Crippen LogP contribution in [0.25, 0.3) is 0 Å². The number of halogens is 3. The number of aromatic nitrogens is 1. The zero-order valence-corrected chi connectivity index (χ0v) is 18.1. The summed E-state index contributed by atoms with van der Waals surface area (Å²) in [6.07, 6.45) is -2.07. The lowest BCUT2D eigenvalue weighted by molar-refractivity contribution is -0.139. The van der Waals surface area contributed by atoms with Crippen LogP contribution in [0.5, 0.6) is 0 Å². The molecular formula is C22H24F3N3O2S.